The fraction of sp³-hybridized carbons (Fsp3) is 0.0625. The van der Waals surface area contributed by atoms with Crippen LogP contribution in [0, 0.1) is 6.92 Å². The van der Waals surface area contributed by atoms with Crippen molar-refractivity contribution in [1.29, 1.82) is 0 Å². The molecule has 0 unspecified atom stereocenters. The Morgan fingerprint density at radius 3 is 2.59 bits per heavy atom. The molecule has 3 N–H and O–H groups in total. The zero-order valence-corrected chi connectivity index (χ0v) is 12.7. The van der Waals surface area contributed by atoms with Crippen molar-refractivity contribution in [3.63, 3.8) is 0 Å². The van der Waals surface area contributed by atoms with Gasteiger partial charge in [-0.3, -0.25) is 0 Å². The van der Waals surface area contributed by atoms with E-state index in [1.165, 1.54) is 5.56 Å². The van der Waals surface area contributed by atoms with Gasteiger partial charge in [0.15, 0.2) is 11.6 Å². The van der Waals surface area contributed by atoms with Crippen molar-refractivity contribution in [2.24, 2.45) is 10.2 Å². The van der Waals surface area contributed by atoms with Gasteiger partial charge in [0.2, 0.25) is 5.11 Å². The van der Waals surface area contributed by atoms with Crippen molar-refractivity contribution in [1.82, 2.24) is 4.98 Å². The quantitative estimate of drug-likeness (QED) is 0.476. The van der Waals surface area contributed by atoms with E-state index < -0.39 is 0 Å². The van der Waals surface area contributed by atoms with E-state index in [-0.39, 0.29) is 16.7 Å². The summed E-state index contributed by atoms with van der Waals surface area (Å²) in [5.74, 6) is 0.353. The maximum absolute atomic E-state index is 10.1. The number of anilines is 1. The molecule has 22 heavy (non-hydrogen) atoms. The minimum absolute atomic E-state index is 0.0671. The second-order valence-electron chi connectivity index (χ2n) is 4.86. The third-order valence-electron chi connectivity index (χ3n) is 3.20. The molecular formula is C16H14N4OS. The predicted molar refractivity (Wildman–Crippen MR) is 91.9 cm³/mol. The lowest BCUT2D eigenvalue weighted by atomic mass is 10.2. The first kappa shape index (κ1) is 14.2. The zero-order valence-electron chi connectivity index (χ0n) is 11.9. The number of rotatable bonds is 2. The van der Waals surface area contributed by atoms with E-state index in [0.717, 1.165) is 11.2 Å². The highest BCUT2D eigenvalue weighted by Crippen LogP contribution is 2.34. The molecule has 0 aliphatic rings. The molecule has 0 spiro atoms. The highest BCUT2D eigenvalue weighted by Gasteiger charge is 2.09. The molecule has 2 aromatic carbocycles. The summed E-state index contributed by atoms with van der Waals surface area (Å²) < 4.78 is 0. The summed E-state index contributed by atoms with van der Waals surface area (Å²) >= 11 is 5.13. The molecule has 0 aliphatic carbocycles. The molecule has 0 radical (unpaired) electrons. The molecule has 3 aromatic rings. The smallest absolute Gasteiger partial charge is 0.218 e. The van der Waals surface area contributed by atoms with E-state index in [9.17, 15) is 5.11 Å². The number of hydrogen-bond donors (Lipinski definition) is 3. The van der Waals surface area contributed by atoms with Crippen LogP contribution in [0.2, 0.25) is 0 Å². The summed E-state index contributed by atoms with van der Waals surface area (Å²) in [4.78, 5) is 2.99. The number of fused-ring (bicyclic) bond motifs is 1. The number of nitrogens with zero attached hydrogens (tertiary/aromatic N) is 2. The van der Waals surface area contributed by atoms with Crippen LogP contribution in [-0.4, -0.2) is 15.2 Å². The van der Waals surface area contributed by atoms with Crippen molar-refractivity contribution in [3.8, 4) is 5.75 Å². The van der Waals surface area contributed by atoms with Gasteiger partial charge in [-0.15, -0.1) is 10.2 Å². The molecule has 0 atom stereocenters. The maximum atomic E-state index is 10.1. The Bertz CT molecular complexity index is 852. The van der Waals surface area contributed by atoms with Crippen LogP contribution < -0.4 is 5.32 Å². The summed E-state index contributed by atoms with van der Waals surface area (Å²) in [6, 6.07) is 15.2. The van der Waals surface area contributed by atoms with Gasteiger partial charge >= 0.3 is 0 Å². The maximum Gasteiger partial charge on any atom is 0.218 e. The monoisotopic (exact) mass is 310 g/mol. The second kappa shape index (κ2) is 5.95. The van der Waals surface area contributed by atoms with Crippen LogP contribution in [0.1, 0.15) is 5.56 Å². The van der Waals surface area contributed by atoms with Crippen LogP contribution in [0.15, 0.2) is 58.8 Å². The summed E-state index contributed by atoms with van der Waals surface area (Å²) in [5, 5.41) is 21.9. The van der Waals surface area contributed by atoms with Gasteiger partial charge in [0.25, 0.3) is 0 Å². The van der Waals surface area contributed by atoms with Crippen LogP contribution >= 0.6 is 12.2 Å². The number of para-hydroxylation sites is 1. The second-order valence-corrected chi connectivity index (χ2v) is 5.25. The number of thiocarbonyl (C=S) groups is 1. The van der Waals surface area contributed by atoms with Crippen LogP contribution in [0.4, 0.5) is 11.5 Å². The lowest BCUT2D eigenvalue weighted by Crippen LogP contribution is -2.04. The predicted octanol–water partition coefficient (Wildman–Crippen LogP) is 4.66. The Balaban J connectivity index is 1.76. The first-order valence-corrected chi connectivity index (χ1v) is 7.13. The molecule has 3 rings (SSSR count). The average Bonchev–Trinajstić information content (AvgIpc) is 2.84. The molecule has 6 heteroatoms. The van der Waals surface area contributed by atoms with Crippen LogP contribution in [-0.2, 0) is 0 Å². The van der Waals surface area contributed by atoms with Gasteiger partial charge in [-0.25, -0.2) is 0 Å². The number of aromatic hydroxyl groups is 1. The molecule has 0 amide bonds. The SMILES string of the molecule is Cc1ccc(NC(=S)N=Nc2[nH]c3ccccc3c2O)cc1. The van der Waals surface area contributed by atoms with Crippen LogP contribution in [0.3, 0.4) is 0 Å². The lowest BCUT2D eigenvalue weighted by molar-refractivity contribution is 0.482. The van der Waals surface area contributed by atoms with E-state index in [1.807, 2.05) is 55.5 Å². The number of H-pyrrole nitrogens is 1. The van der Waals surface area contributed by atoms with Crippen molar-refractivity contribution >= 4 is 39.7 Å². The topological polar surface area (TPSA) is 72.8 Å². The van der Waals surface area contributed by atoms with Crippen molar-refractivity contribution in [3.05, 3.63) is 54.1 Å². The third kappa shape index (κ3) is 2.96. The van der Waals surface area contributed by atoms with Crippen LogP contribution in [0.25, 0.3) is 10.9 Å². The minimum Gasteiger partial charge on any atom is -0.504 e. The summed E-state index contributed by atoms with van der Waals surface area (Å²) in [5.41, 5.74) is 2.81. The summed E-state index contributed by atoms with van der Waals surface area (Å²) in [6.45, 7) is 2.01. The van der Waals surface area contributed by atoms with Crippen molar-refractivity contribution < 1.29 is 5.11 Å². The molecule has 1 aromatic heterocycles. The Morgan fingerprint density at radius 1 is 1.14 bits per heavy atom. The molecule has 0 aliphatic heterocycles. The number of aromatic nitrogens is 1. The van der Waals surface area contributed by atoms with Gasteiger partial charge in [0.05, 0.1) is 5.52 Å². The van der Waals surface area contributed by atoms with E-state index in [4.69, 9.17) is 12.2 Å². The molecule has 0 bridgehead atoms. The molecule has 1 heterocycles. The average molecular weight is 310 g/mol. The molecule has 0 saturated carbocycles. The van der Waals surface area contributed by atoms with Gasteiger partial charge in [-0.2, -0.15) is 0 Å². The van der Waals surface area contributed by atoms with Crippen LogP contribution in [0.5, 0.6) is 5.75 Å². The highest BCUT2D eigenvalue weighted by molar-refractivity contribution is 7.80. The number of nitrogens with one attached hydrogen (secondary N) is 2. The minimum atomic E-state index is 0.0671. The number of benzene rings is 2. The van der Waals surface area contributed by atoms with Crippen molar-refractivity contribution in [2.75, 3.05) is 5.32 Å². The fourth-order valence-electron chi connectivity index (χ4n) is 2.07. The lowest BCUT2D eigenvalue weighted by Gasteiger charge is -2.02. The van der Waals surface area contributed by atoms with Gasteiger partial charge < -0.3 is 15.4 Å². The first-order chi connectivity index (χ1) is 10.6. The standard InChI is InChI=1S/C16H14N4OS/c1-10-6-8-11(9-7-10)17-16(22)20-19-15-14(21)12-4-2-3-5-13(12)18-15/h2-9,18,21H,1H3,(H,17,22). The first-order valence-electron chi connectivity index (χ1n) is 6.72. The normalized spacial score (nSPS) is 11.1. The Kier molecular flexibility index (Phi) is 3.84. The third-order valence-corrected chi connectivity index (χ3v) is 3.39. The molecule has 110 valence electrons. The number of aryl methyl sites for hydroxylation is 1. The fourth-order valence-corrected chi connectivity index (χ4v) is 2.22. The van der Waals surface area contributed by atoms with Gasteiger partial charge in [0.1, 0.15) is 0 Å². The van der Waals surface area contributed by atoms with Gasteiger partial charge in [-0.1, -0.05) is 29.8 Å². The summed E-state index contributed by atoms with van der Waals surface area (Å²) in [7, 11) is 0. The van der Waals surface area contributed by atoms with E-state index in [1.54, 1.807) is 0 Å². The number of azo groups is 1. The molecule has 0 fully saturated rings. The Morgan fingerprint density at radius 2 is 1.86 bits per heavy atom. The van der Waals surface area contributed by atoms with Crippen molar-refractivity contribution in [2.45, 2.75) is 6.92 Å². The van der Waals surface area contributed by atoms with E-state index in [0.29, 0.717) is 5.39 Å². The summed E-state index contributed by atoms with van der Waals surface area (Å²) in [6.07, 6.45) is 0. The van der Waals surface area contributed by atoms with E-state index in [2.05, 4.69) is 20.5 Å². The largest absolute Gasteiger partial charge is 0.504 e. The highest BCUT2D eigenvalue weighted by atomic mass is 32.1. The number of hydrogen-bond acceptors (Lipinski definition) is 3. The Labute approximate surface area is 132 Å². The van der Waals surface area contributed by atoms with E-state index >= 15 is 0 Å². The van der Waals surface area contributed by atoms with Gasteiger partial charge in [-0.05, 0) is 43.4 Å². The number of aromatic amines is 1. The Hall–Kier alpha value is -2.73. The molecule has 0 saturated heterocycles. The zero-order chi connectivity index (χ0) is 15.5. The molecule has 5 nitrogen and oxygen atoms in total. The molecular weight excluding hydrogens is 296 g/mol. The van der Waals surface area contributed by atoms with Gasteiger partial charge in [0, 0.05) is 11.1 Å².